The summed E-state index contributed by atoms with van der Waals surface area (Å²) in [6.45, 7) is 7.42. The quantitative estimate of drug-likeness (QED) is 0.186. The SMILES string of the molecule is CCC(C)C(NC(=O)C(N)CC(C)C)C(=O)NC(CCC(=O)O)C(=O)NC(Cc1ccccc1)C(=O)O. The van der Waals surface area contributed by atoms with E-state index in [0.29, 0.717) is 18.4 Å². The van der Waals surface area contributed by atoms with E-state index in [1.807, 2.05) is 20.8 Å². The van der Waals surface area contributed by atoms with Gasteiger partial charge in [0.2, 0.25) is 17.7 Å². The minimum Gasteiger partial charge on any atom is -0.481 e. The average Bonchev–Trinajstić information content (AvgIpc) is 2.83. The summed E-state index contributed by atoms with van der Waals surface area (Å²) in [6.07, 6.45) is 0.248. The highest BCUT2D eigenvalue weighted by Crippen LogP contribution is 2.12. The molecule has 0 bridgehead atoms. The molecule has 7 N–H and O–H groups in total. The lowest BCUT2D eigenvalue weighted by Crippen LogP contribution is -2.58. The summed E-state index contributed by atoms with van der Waals surface area (Å²) < 4.78 is 0. The Hall–Kier alpha value is -3.47. The number of hydrogen-bond donors (Lipinski definition) is 6. The maximum absolute atomic E-state index is 13.2. The number of aliphatic carboxylic acids is 2. The number of rotatable bonds is 16. The van der Waals surface area contributed by atoms with Gasteiger partial charge in [0.1, 0.15) is 18.1 Å². The highest BCUT2D eigenvalue weighted by Gasteiger charge is 2.32. The van der Waals surface area contributed by atoms with Crippen molar-refractivity contribution in [2.75, 3.05) is 0 Å². The predicted octanol–water partition coefficient (Wildman–Crippen LogP) is 1.05. The maximum Gasteiger partial charge on any atom is 0.326 e. The van der Waals surface area contributed by atoms with Gasteiger partial charge in [-0.1, -0.05) is 64.4 Å². The second-order valence-electron chi connectivity index (χ2n) is 9.69. The van der Waals surface area contributed by atoms with Gasteiger partial charge in [-0.3, -0.25) is 19.2 Å². The molecule has 0 saturated heterocycles. The molecule has 0 saturated carbocycles. The number of nitrogens with two attached hydrogens (primary N) is 1. The molecule has 206 valence electrons. The van der Waals surface area contributed by atoms with E-state index in [4.69, 9.17) is 10.8 Å². The fraction of sp³-hybridized carbons (Fsp3) is 0.577. The van der Waals surface area contributed by atoms with Crippen LogP contribution in [-0.4, -0.2) is 64.0 Å². The number of benzene rings is 1. The van der Waals surface area contributed by atoms with Crippen molar-refractivity contribution in [2.45, 2.75) is 84.0 Å². The van der Waals surface area contributed by atoms with Crippen molar-refractivity contribution in [3.05, 3.63) is 35.9 Å². The van der Waals surface area contributed by atoms with Crippen molar-refractivity contribution in [1.29, 1.82) is 0 Å². The van der Waals surface area contributed by atoms with E-state index in [0.717, 1.165) is 0 Å². The average molecular weight is 521 g/mol. The van der Waals surface area contributed by atoms with Crippen LogP contribution in [0.3, 0.4) is 0 Å². The van der Waals surface area contributed by atoms with Crippen molar-refractivity contribution in [1.82, 2.24) is 16.0 Å². The molecule has 0 spiro atoms. The standard InChI is InChI=1S/C26H40N4O7/c1-5-16(4)22(30-23(33)18(27)13-15(2)3)25(35)28-19(11-12-21(31)32)24(34)29-20(26(36)37)14-17-9-7-6-8-10-17/h6-10,15-16,18-20,22H,5,11-14,27H2,1-4H3,(H,28,35)(H,29,34)(H,30,33)(H,31,32)(H,36,37). The lowest BCUT2D eigenvalue weighted by Gasteiger charge is -2.28. The van der Waals surface area contributed by atoms with Crippen LogP contribution in [0.5, 0.6) is 0 Å². The van der Waals surface area contributed by atoms with E-state index in [2.05, 4.69) is 16.0 Å². The van der Waals surface area contributed by atoms with Crippen LogP contribution in [0.1, 0.15) is 58.9 Å². The minimum absolute atomic E-state index is 0.000795. The zero-order chi connectivity index (χ0) is 28.1. The fourth-order valence-corrected chi connectivity index (χ4v) is 3.70. The Morgan fingerprint density at radius 1 is 0.865 bits per heavy atom. The van der Waals surface area contributed by atoms with E-state index in [1.54, 1.807) is 37.3 Å². The van der Waals surface area contributed by atoms with Gasteiger partial charge >= 0.3 is 11.9 Å². The summed E-state index contributed by atoms with van der Waals surface area (Å²) in [6, 6.07) is 4.23. The van der Waals surface area contributed by atoms with Gasteiger partial charge in [0.25, 0.3) is 0 Å². The lowest BCUT2D eigenvalue weighted by molar-refractivity contribution is -0.143. The zero-order valence-electron chi connectivity index (χ0n) is 21.9. The van der Waals surface area contributed by atoms with Crippen LogP contribution in [-0.2, 0) is 30.4 Å². The van der Waals surface area contributed by atoms with Crippen LogP contribution in [0.2, 0.25) is 0 Å². The number of carboxylic acids is 2. The molecule has 0 aliphatic rings. The monoisotopic (exact) mass is 520 g/mol. The van der Waals surface area contributed by atoms with Crippen molar-refractivity contribution in [3.63, 3.8) is 0 Å². The van der Waals surface area contributed by atoms with Gasteiger partial charge in [-0.25, -0.2) is 4.79 Å². The molecule has 0 fully saturated rings. The molecule has 1 rings (SSSR count). The van der Waals surface area contributed by atoms with Gasteiger partial charge in [-0.2, -0.15) is 0 Å². The number of nitrogens with one attached hydrogen (secondary N) is 3. The van der Waals surface area contributed by atoms with Gasteiger partial charge in [-0.05, 0) is 30.2 Å². The van der Waals surface area contributed by atoms with Gasteiger partial charge in [0.05, 0.1) is 6.04 Å². The fourth-order valence-electron chi connectivity index (χ4n) is 3.70. The van der Waals surface area contributed by atoms with Crippen LogP contribution in [0, 0.1) is 11.8 Å². The topological polar surface area (TPSA) is 188 Å². The first-order chi connectivity index (χ1) is 17.3. The van der Waals surface area contributed by atoms with Gasteiger partial charge in [0.15, 0.2) is 0 Å². The Morgan fingerprint density at radius 2 is 1.46 bits per heavy atom. The maximum atomic E-state index is 13.2. The van der Waals surface area contributed by atoms with Crippen LogP contribution in [0.25, 0.3) is 0 Å². The molecular formula is C26H40N4O7. The summed E-state index contributed by atoms with van der Waals surface area (Å²) in [5.41, 5.74) is 6.64. The third kappa shape index (κ3) is 11.4. The summed E-state index contributed by atoms with van der Waals surface area (Å²) in [7, 11) is 0. The first-order valence-electron chi connectivity index (χ1n) is 12.5. The van der Waals surface area contributed by atoms with E-state index in [-0.39, 0.29) is 24.7 Å². The third-order valence-electron chi connectivity index (χ3n) is 6.03. The summed E-state index contributed by atoms with van der Waals surface area (Å²) in [5, 5.41) is 26.3. The van der Waals surface area contributed by atoms with Gasteiger partial charge < -0.3 is 31.9 Å². The first kappa shape index (κ1) is 31.6. The van der Waals surface area contributed by atoms with Crippen LogP contribution in [0.15, 0.2) is 30.3 Å². The predicted molar refractivity (Wildman–Crippen MR) is 137 cm³/mol. The molecule has 1 aromatic rings. The smallest absolute Gasteiger partial charge is 0.326 e. The van der Waals surface area contributed by atoms with Crippen molar-refractivity contribution in [3.8, 4) is 0 Å². The first-order valence-corrected chi connectivity index (χ1v) is 12.5. The molecule has 0 aliphatic heterocycles. The summed E-state index contributed by atoms with van der Waals surface area (Å²) in [5.74, 6) is -4.62. The molecule has 0 heterocycles. The minimum atomic E-state index is -1.32. The Bertz CT molecular complexity index is 923. The molecule has 37 heavy (non-hydrogen) atoms. The highest BCUT2D eigenvalue weighted by molar-refractivity contribution is 5.94. The van der Waals surface area contributed by atoms with Gasteiger partial charge in [0, 0.05) is 12.8 Å². The number of carboxylic acid groups (broad SMARTS) is 2. The molecule has 3 amide bonds. The molecule has 0 aromatic heterocycles. The third-order valence-corrected chi connectivity index (χ3v) is 6.03. The molecule has 5 unspecified atom stereocenters. The molecule has 0 radical (unpaired) electrons. The van der Waals surface area contributed by atoms with Crippen molar-refractivity contribution >= 4 is 29.7 Å². The molecular weight excluding hydrogens is 480 g/mol. The van der Waals surface area contributed by atoms with Crippen molar-refractivity contribution < 1.29 is 34.2 Å². The summed E-state index contributed by atoms with van der Waals surface area (Å²) >= 11 is 0. The van der Waals surface area contributed by atoms with E-state index < -0.39 is 60.2 Å². The van der Waals surface area contributed by atoms with Crippen molar-refractivity contribution in [2.24, 2.45) is 17.6 Å². The Balaban J connectivity index is 3.05. The molecule has 11 heteroatoms. The van der Waals surface area contributed by atoms with E-state index in [9.17, 15) is 29.1 Å². The van der Waals surface area contributed by atoms with Crippen LogP contribution < -0.4 is 21.7 Å². The van der Waals surface area contributed by atoms with E-state index in [1.165, 1.54) is 0 Å². The molecule has 5 atom stereocenters. The van der Waals surface area contributed by atoms with Crippen LogP contribution in [0.4, 0.5) is 0 Å². The second-order valence-corrected chi connectivity index (χ2v) is 9.69. The lowest BCUT2D eigenvalue weighted by atomic mass is 9.96. The van der Waals surface area contributed by atoms with Crippen LogP contribution >= 0.6 is 0 Å². The Morgan fingerprint density at radius 3 is 1.97 bits per heavy atom. The van der Waals surface area contributed by atoms with Gasteiger partial charge in [-0.15, -0.1) is 0 Å². The molecule has 0 aliphatic carbocycles. The molecule has 11 nitrogen and oxygen atoms in total. The largest absolute Gasteiger partial charge is 0.481 e. The number of hydrogen-bond acceptors (Lipinski definition) is 6. The summed E-state index contributed by atoms with van der Waals surface area (Å²) in [4.78, 5) is 61.8. The number of carbonyl (C=O) groups is 5. The number of amides is 3. The Labute approximate surface area is 217 Å². The highest BCUT2D eigenvalue weighted by atomic mass is 16.4. The van der Waals surface area contributed by atoms with E-state index >= 15 is 0 Å². The molecule has 1 aromatic carbocycles. The zero-order valence-corrected chi connectivity index (χ0v) is 21.9. The second kappa shape index (κ2) is 15.6. The normalized spacial score (nSPS) is 15.1. The number of carbonyl (C=O) groups excluding carboxylic acids is 3. The Kier molecular flexibility index (Phi) is 13.3.